The van der Waals surface area contributed by atoms with E-state index in [1.54, 1.807) is 6.20 Å². The van der Waals surface area contributed by atoms with E-state index < -0.39 is 0 Å². The number of allylic oxidation sites excluding steroid dienone is 2. The Bertz CT molecular complexity index is 765. The summed E-state index contributed by atoms with van der Waals surface area (Å²) in [6.07, 6.45) is 6.40. The number of carbonyl (C=O) groups is 1. The lowest BCUT2D eigenvalue weighted by Gasteiger charge is -2.21. The van der Waals surface area contributed by atoms with Crippen LogP contribution < -0.4 is 0 Å². The predicted molar refractivity (Wildman–Crippen MR) is 87.6 cm³/mol. The molecule has 1 amide bonds. The van der Waals surface area contributed by atoms with Crippen LogP contribution >= 0.6 is 0 Å². The quantitative estimate of drug-likeness (QED) is 0.751. The minimum absolute atomic E-state index is 0.165. The minimum atomic E-state index is 0.165. The Labute approximate surface area is 130 Å². The molecule has 112 valence electrons. The Morgan fingerprint density at radius 2 is 2.09 bits per heavy atom. The predicted octanol–water partition coefficient (Wildman–Crippen LogP) is 3.66. The molecular formula is C19H20N2O. The SMILES string of the molecule is CC1=CC[C@@H]2CN(C(=O)c3ccc4ncccc4c3)C[C@@H]2C1. The molecule has 0 N–H and O–H groups in total. The minimum Gasteiger partial charge on any atom is -0.338 e. The Balaban J connectivity index is 1.56. The van der Waals surface area contributed by atoms with Gasteiger partial charge in [0.25, 0.3) is 5.91 Å². The molecule has 22 heavy (non-hydrogen) atoms. The van der Waals surface area contributed by atoms with Crippen LogP contribution in [0.15, 0.2) is 48.2 Å². The number of hydrogen-bond donors (Lipinski definition) is 0. The van der Waals surface area contributed by atoms with E-state index in [2.05, 4.69) is 18.0 Å². The van der Waals surface area contributed by atoms with Crippen molar-refractivity contribution >= 4 is 16.8 Å². The molecule has 1 fully saturated rings. The zero-order valence-corrected chi connectivity index (χ0v) is 12.8. The van der Waals surface area contributed by atoms with Crippen molar-refractivity contribution < 1.29 is 4.79 Å². The molecule has 0 saturated carbocycles. The van der Waals surface area contributed by atoms with Crippen molar-refractivity contribution in [1.82, 2.24) is 9.88 Å². The van der Waals surface area contributed by atoms with Gasteiger partial charge in [-0.25, -0.2) is 0 Å². The first kappa shape index (κ1) is 13.5. The van der Waals surface area contributed by atoms with Crippen LogP contribution in [0.3, 0.4) is 0 Å². The summed E-state index contributed by atoms with van der Waals surface area (Å²) in [6, 6.07) is 9.74. The number of aromatic nitrogens is 1. The molecule has 0 bridgehead atoms. The second-order valence-corrected chi connectivity index (χ2v) is 6.63. The van der Waals surface area contributed by atoms with Gasteiger partial charge in [0, 0.05) is 30.2 Å². The molecule has 1 saturated heterocycles. The van der Waals surface area contributed by atoms with Crippen molar-refractivity contribution in [3.63, 3.8) is 0 Å². The number of rotatable bonds is 1. The van der Waals surface area contributed by atoms with Crippen molar-refractivity contribution in [3.8, 4) is 0 Å². The third-order valence-corrected chi connectivity index (χ3v) is 5.07. The van der Waals surface area contributed by atoms with Gasteiger partial charge in [-0.1, -0.05) is 17.7 Å². The molecule has 2 aliphatic rings. The van der Waals surface area contributed by atoms with Gasteiger partial charge in [-0.2, -0.15) is 0 Å². The number of carbonyl (C=O) groups excluding carboxylic acids is 1. The Hall–Kier alpha value is -2.16. The molecule has 2 heterocycles. The third-order valence-electron chi connectivity index (χ3n) is 5.07. The third kappa shape index (κ3) is 2.31. The second kappa shape index (κ2) is 5.24. The lowest BCUT2D eigenvalue weighted by molar-refractivity contribution is 0.0784. The summed E-state index contributed by atoms with van der Waals surface area (Å²) < 4.78 is 0. The molecule has 1 aromatic heterocycles. The van der Waals surface area contributed by atoms with Gasteiger partial charge < -0.3 is 4.90 Å². The number of amides is 1. The van der Waals surface area contributed by atoms with E-state index in [9.17, 15) is 4.79 Å². The summed E-state index contributed by atoms with van der Waals surface area (Å²) >= 11 is 0. The number of nitrogens with zero attached hydrogens (tertiary/aromatic N) is 2. The van der Waals surface area contributed by atoms with Crippen molar-refractivity contribution in [2.24, 2.45) is 11.8 Å². The molecular weight excluding hydrogens is 272 g/mol. The van der Waals surface area contributed by atoms with E-state index in [4.69, 9.17) is 0 Å². The summed E-state index contributed by atoms with van der Waals surface area (Å²) in [4.78, 5) is 19.2. The topological polar surface area (TPSA) is 33.2 Å². The molecule has 0 radical (unpaired) electrons. The maximum absolute atomic E-state index is 12.8. The number of hydrogen-bond acceptors (Lipinski definition) is 2. The summed E-state index contributed by atoms with van der Waals surface area (Å²) in [5.74, 6) is 1.46. The van der Waals surface area contributed by atoms with E-state index in [0.29, 0.717) is 11.8 Å². The van der Waals surface area contributed by atoms with Crippen LogP contribution in [0.5, 0.6) is 0 Å². The molecule has 1 aliphatic carbocycles. The van der Waals surface area contributed by atoms with Gasteiger partial charge in [-0.05, 0) is 55.9 Å². The lowest BCUT2D eigenvalue weighted by atomic mass is 9.83. The molecule has 0 spiro atoms. The van der Waals surface area contributed by atoms with E-state index in [1.807, 2.05) is 35.2 Å². The van der Waals surface area contributed by atoms with Gasteiger partial charge in [-0.15, -0.1) is 0 Å². The molecule has 3 heteroatoms. The van der Waals surface area contributed by atoms with Crippen molar-refractivity contribution in [3.05, 3.63) is 53.7 Å². The van der Waals surface area contributed by atoms with Crippen LogP contribution in [-0.4, -0.2) is 28.9 Å². The zero-order valence-electron chi connectivity index (χ0n) is 12.8. The Morgan fingerprint density at radius 3 is 3.00 bits per heavy atom. The highest BCUT2D eigenvalue weighted by atomic mass is 16.2. The second-order valence-electron chi connectivity index (χ2n) is 6.63. The summed E-state index contributed by atoms with van der Waals surface area (Å²) in [6.45, 7) is 4.01. The highest BCUT2D eigenvalue weighted by Crippen LogP contribution is 2.36. The van der Waals surface area contributed by atoms with Crippen LogP contribution in [0.2, 0.25) is 0 Å². The Morgan fingerprint density at radius 1 is 1.23 bits per heavy atom. The maximum atomic E-state index is 12.8. The highest BCUT2D eigenvalue weighted by Gasteiger charge is 2.36. The van der Waals surface area contributed by atoms with Gasteiger partial charge in [-0.3, -0.25) is 9.78 Å². The zero-order chi connectivity index (χ0) is 15.1. The van der Waals surface area contributed by atoms with Gasteiger partial charge in [0.2, 0.25) is 0 Å². The lowest BCUT2D eigenvalue weighted by Crippen LogP contribution is -2.29. The Kier molecular flexibility index (Phi) is 3.21. The number of likely N-dealkylation sites (tertiary alicyclic amines) is 1. The highest BCUT2D eigenvalue weighted by molar-refractivity contribution is 5.98. The van der Waals surface area contributed by atoms with Crippen molar-refractivity contribution in [1.29, 1.82) is 0 Å². The molecule has 2 aromatic rings. The van der Waals surface area contributed by atoms with Gasteiger partial charge >= 0.3 is 0 Å². The molecule has 4 rings (SSSR count). The van der Waals surface area contributed by atoms with Crippen LogP contribution in [0.25, 0.3) is 10.9 Å². The van der Waals surface area contributed by atoms with Crippen molar-refractivity contribution in [2.75, 3.05) is 13.1 Å². The van der Waals surface area contributed by atoms with E-state index in [1.165, 1.54) is 5.57 Å². The maximum Gasteiger partial charge on any atom is 0.253 e. The van der Waals surface area contributed by atoms with Gasteiger partial charge in [0.05, 0.1) is 5.52 Å². The van der Waals surface area contributed by atoms with Gasteiger partial charge in [0.1, 0.15) is 0 Å². The van der Waals surface area contributed by atoms with Crippen LogP contribution in [0.4, 0.5) is 0 Å². The van der Waals surface area contributed by atoms with E-state index in [0.717, 1.165) is 42.4 Å². The molecule has 1 aliphatic heterocycles. The first-order chi connectivity index (χ1) is 10.7. The summed E-state index contributed by atoms with van der Waals surface area (Å²) in [5, 5.41) is 1.03. The smallest absolute Gasteiger partial charge is 0.253 e. The normalized spacial score (nSPS) is 24.2. The average molecular weight is 292 g/mol. The van der Waals surface area contributed by atoms with Crippen LogP contribution in [0.1, 0.15) is 30.1 Å². The van der Waals surface area contributed by atoms with Gasteiger partial charge in [0.15, 0.2) is 0 Å². The van der Waals surface area contributed by atoms with Crippen LogP contribution in [-0.2, 0) is 0 Å². The van der Waals surface area contributed by atoms with Crippen LogP contribution in [0, 0.1) is 11.8 Å². The van der Waals surface area contributed by atoms with E-state index >= 15 is 0 Å². The summed E-state index contributed by atoms with van der Waals surface area (Å²) in [5.41, 5.74) is 3.20. The fraction of sp³-hybridized carbons (Fsp3) is 0.368. The number of fused-ring (bicyclic) bond motifs is 2. The fourth-order valence-corrected chi connectivity index (χ4v) is 3.84. The fourth-order valence-electron chi connectivity index (χ4n) is 3.84. The number of pyridine rings is 1. The molecule has 2 atom stereocenters. The number of benzene rings is 1. The average Bonchev–Trinajstić information content (AvgIpc) is 2.96. The standard InChI is InChI=1S/C19H20N2O/c1-13-4-5-16-11-21(12-17(16)9-13)19(22)15-6-7-18-14(10-15)3-2-8-20-18/h2-4,6-8,10,16-17H,5,9,11-12H2,1H3/t16-,17+/m1/s1. The molecule has 3 nitrogen and oxygen atoms in total. The van der Waals surface area contributed by atoms with E-state index in [-0.39, 0.29) is 5.91 Å². The van der Waals surface area contributed by atoms with Crippen molar-refractivity contribution in [2.45, 2.75) is 19.8 Å². The monoisotopic (exact) mass is 292 g/mol. The summed E-state index contributed by atoms with van der Waals surface area (Å²) in [7, 11) is 0. The largest absolute Gasteiger partial charge is 0.338 e. The first-order valence-electron chi connectivity index (χ1n) is 8.00. The molecule has 0 unspecified atom stereocenters. The first-order valence-corrected chi connectivity index (χ1v) is 8.00. The molecule has 1 aromatic carbocycles.